The van der Waals surface area contributed by atoms with Crippen LogP contribution < -0.4 is 5.32 Å². The fourth-order valence-corrected chi connectivity index (χ4v) is 3.08. The Hall–Kier alpha value is -2.17. The molecule has 120 valence electrons. The molecule has 1 heterocycles. The van der Waals surface area contributed by atoms with Gasteiger partial charge in [0, 0.05) is 32.2 Å². The van der Waals surface area contributed by atoms with Crippen LogP contribution in [0.25, 0.3) is 0 Å². The lowest BCUT2D eigenvalue weighted by Crippen LogP contribution is -2.51. The monoisotopic (exact) mass is 310 g/mol. The summed E-state index contributed by atoms with van der Waals surface area (Å²) in [6, 6.07) is 18.2. The number of rotatable bonds is 5. The van der Waals surface area contributed by atoms with Crippen molar-refractivity contribution in [2.45, 2.75) is 19.0 Å². The predicted octanol–water partition coefficient (Wildman–Crippen LogP) is 2.40. The zero-order chi connectivity index (χ0) is 16.1. The maximum Gasteiger partial charge on any atom is 0.335 e. The van der Waals surface area contributed by atoms with Gasteiger partial charge in [-0.1, -0.05) is 42.5 Å². The van der Waals surface area contributed by atoms with E-state index in [2.05, 4.69) is 34.5 Å². The molecule has 1 aliphatic heterocycles. The van der Waals surface area contributed by atoms with Gasteiger partial charge in [0.15, 0.2) is 0 Å². The molecule has 0 bridgehead atoms. The Morgan fingerprint density at radius 1 is 1.09 bits per heavy atom. The summed E-state index contributed by atoms with van der Waals surface area (Å²) in [4.78, 5) is 13.3. The molecule has 1 aliphatic rings. The van der Waals surface area contributed by atoms with Crippen molar-refractivity contribution in [2.24, 2.45) is 0 Å². The van der Waals surface area contributed by atoms with Crippen molar-refractivity contribution in [2.75, 3.05) is 19.6 Å². The minimum absolute atomic E-state index is 0.344. The van der Waals surface area contributed by atoms with Crippen molar-refractivity contribution < 1.29 is 9.90 Å². The summed E-state index contributed by atoms with van der Waals surface area (Å²) in [5.41, 5.74) is 2.86. The first-order chi connectivity index (χ1) is 11.2. The lowest BCUT2D eigenvalue weighted by Gasteiger charge is -2.34. The highest BCUT2D eigenvalue weighted by atomic mass is 16.4. The molecule has 4 heteroatoms. The normalized spacial score (nSPS) is 18.7. The number of hydrogen-bond donors (Lipinski definition) is 2. The average Bonchev–Trinajstić information content (AvgIpc) is 2.57. The van der Waals surface area contributed by atoms with Crippen LogP contribution in [0.2, 0.25) is 0 Å². The van der Waals surface area contributed by atoms with E-state index in [1.807, 2.05) is 18.2 Å². The van der Waals surface area contributed by atoms with Crippen LogP contribution in [-0.2, 0) is 13.0 Å². The van der Waals surface area contributed by atoms with E-state index in [4.69, 9.17) is 5.11 Å². The summed E-state index contributed by atoms with van der Waals surface area (Å²) in [6.45, 7) is 3.89. The van der Waals surface area contributed by atoms with Gasteiger partial charge in [0.1, 0.15) is 0 Å². The maximum atomic E-state index is 10.9. The molecule has 1 fully saturated rings. The number of carboxylic acids is 1. The molecule has 4 nitrogen and oxygen atoms in total. The van der Waals surface area contributed by atoms with Crippen molar-refractivity contribution in [1.82, 2.24) is 10.2 Å². The molecule has 1 atom stereocenters. The number of nitrogens with zero attached hydrogens (tertiary/aromatic N) is 1. The molecule has 1 saturated heterocycles. The molecule has 2 aromatic rings. The van der Waals surface area contributed by atoms with Gasteiger partial charge in [-0.3, -0.25) is 4.90 Å². The van der Waals surface area contributed by atoms with Gasteiger partial charge < -0.3 is 10.4 Å². The van der Waals surface area contributed by atoms with Crippen LogP contribution >= 0.6 is 0 Å². The number of carboxylic acid groups (broad SMARTS) is 1. The van der Waals surface area contributed by atoms with Gasteiger partial charge in [0.2, 0.25) is 0 Å². The zero-order valence-electron chi connectivity index (χ0n) is 13.1. The maximum absolute atomic E-state index is 10.9. The third-order valence-corrected chi connectivity index (χ3v) is 4.27. The van der Waals surface area contributed by atoms with Crippen LogP contribution in [0, 0.1) is 0 Å². The fraction of sp³-hybridized carbons (Fsp3) is 0.316. The Morgan fingerprint density at radius 2 is 1.83 bits per heavy atom. The summed E-state index contributed by atoms with van der Waals surface area (Å²) >= 11 is 0. The summed E-state index contributed by atoms with van der Waals surface area (Å²) in [6.07, 6.45) is 1.04. The number of aromatic carboxylic acids is 1. The third kappa shape index (κ3) is 4.41. The Morgan fingerprint density at radius 3 is 2.52 bits per heavy atom. The van der Waals surface area contributed by atoms with Gasteiger partial charge in [-0.05, 0) is 29.7 Å². The first-order valence-corrected chi connectivity index (χ1v) is 8.02. The SMILES string of the molecule is O=C(O)c1ccc(CN2CCN[C@@H](Cc3ccccc3)C2)cc1. The summed E-state index contributed by atoms with van der Waals surface area (Å²) in [7, 11) is 0. The van der Waals surface area contributed by atoms with Crippen LogP contribution in [0.5, 0.6) is 0 Å². The Kier molecular flexibility index (Phi) is 5.05. The Bertz CT molecular complexity index is 640. The third-order valence-electron chi connectivity index (χ3n) is 4.27. The standard InChI is InChI=1S/C19H22N2O2/c22-19(23)17-8-6-16(7-9-17)13-21-11-10-20-18(14-21)12-15-4-2-1-3-5-15/h1-9,18,20H,10-14H2,(H,22,23)/t18-/m0/s1. The van der Waals surface area contributed by atoms with E-state index in [9.17, 15) is 4.79 Å². The smallest absolute Gasteiger partial charge is 0.335 e. The largest absolute Gasteiger partial charge is 0.478 e. The predicted molar refractivity (Wildman–Crippen MR) is 90.6 cm³/mol. The molecule has 2 aromatic carbocycles. The number of hydrogen-bond acceptors (Lipinski definition) is 3. The molecule has 0 aliphatic carbocycles. The molecule has 0 saturated carbocycles. The summed E-state index contributed by atoms with van der Waals surface area (Å²) in [5.74, 6) is -0.873. The number of benzene rings is 2. The molecule has 0 spiro atoms. The van der Waals surface area contributed by atoms with Gasteiger partial charge in [-0.25, -0.2) is 4.79 Å². The first-order valence-electron chi connectivity index (χ1n) is 8.02. The van der Waals surface area contributed by atoms with Crippen LogP contribution in [0.4, 0.5) is 0 Å². The molecule has 0 radical (unpaired) electrons. The van der Waals surface area contributed by atoms with E-state index in [1.54, 1.807) is 12.1 Å². The number of carbonyl (C=O) groups is 1. The van der Waals surface area contributed by atoms with Gasteiger partial charge in [0.05, 0.1) is 5.56 Å². The second-order valence-corrected chi connectivity index (χ2v) is 6.08. The lowest BCUT2D eigenvalue weighted by molar-refractivity contribution is 0.0697. The van der Waals surface area contributed by atoms with Gasteiger partial charge in [-0.15, -0.1) is 0 Å². The van der Waals surface area contributed by atoms with Crippen LogP contribution in [-0.4, -0.2) is 41.7 Å². The lowest BCUT2D eigenvalue weighted by atomic mass is 10.0. The highest BCUT2D eigenvalue weighted by Gasteiger charge is 2.19. The van der Waals surface area contributed by atoms with E-state index >= 15 is 0 Å². The second-order valence-electron chi connectivity index (χ2n) is 6.08. The summed E-state index contributed by atoms with van der Waals surface area (Å²) in [5, 5.41) is 12.5. The zero-order valence-corrected chi connectivity index (χ0v) is 13.1. The molecule has 0 unspecified atom stereocenters. The van der Waals surface area contributed by atoms with Crippen molar-refractivity contribution >= 4 is 5.97 Å². The molecule has 2 N–H and O–H groups in total. The van der Waals surface area contributed by atoms with Gasteiger partial charge in [-0.2, -0.15) is 0 Å². The quantitative estimate of drug-likeness (QED) is 0.890. The van der Waals surface area contributed by atoms with E-state index < -0.39 is 5.97 Å². The van der Waals surface area contributed by atoms with E-state index in [0.29, 0.717) is 11.6 Å². The molecule has 23 heavy (non-hydrogen) atoms. The fourth-order valence-electron chi connectivity index (χ4n) is 3.08. The van der Waals surface area contributed by atoms with E-state index in [-0.39, 0.29) is 0 Å². The highest BCUT2D eigenvalue weighted by Crippen LogP contribution is 2.12. The van der Waals surface area contributed by atoms with Crippen LogP contribution in [0.15, 0.2) is 54.6 Å². The van der Waals surface area contributed by atoms with Crippen LogP contribution in [0.1, 0.15) is 21.5 Å². The van der Waals surface area contributed by atoms with Crippen molar-refractivity contribution in [3.8, 4) is 0 Å². The molecule has 0 aromatic heterocycles. The first kappa shape index (κ1) is 15.7. The molecule has 3 rings (SSSR count). The van der Waals surface area contributed by atoms with Crippen LogP contribution in [0.3, 0.4) is 0 Å². The topological polar surface area (TPSA) is 52.6 Å². The van der Waals surface area contributed by atoms with Crippen molar-refractivity contribution in [3.05, 3.63) is 71.3 Å². The van der Waals surface area contributed by atoms with Gasteiger partial charge in [0.25, 0.3) is 0 Å². The minimum Gasteiger partial charge on any atom is -0.478 e. The highest BCUT2D eigenvalue weighted by molar-refractivity contribution is 5.87. The van der Waals surface area contributed by atoms with Gasteiger partial charge >= 0.3 is 5.97 Å². The van der Waals surface area contributed by atoms with E-state index in [0.717, 1.165) is 38.2 Å². The Labute approximate surface area is 136 Å². The van der Waals surface area contributed by atoms with E-state index in [1.165, 1.54) is 5.56 Å². The Balaban J connectivity index is 1.57. The minimum atomic E-state index is -0.873. The van der Waals surface area contributed by atoms with Crippen molar-refractivity contribution in [1.29, 1.82) is 0 Å². The van der Waals surface area contributed by atoms with Crippen molar-refractivity contribution in [3.63, 3.8) is 0 Å². The molecular formula is C19H22N2O2. The molecular weight excluding hydrogens is 288 g/mol. The number of piperazine rings is 1. The number of nitrogens with one attached hydrogen (secondary N) is 1. The molecule has 0 amide bonds. The summed E-state index contributed by atoms with van der Waals surface area (Å²) < 4.78 is 0. The second kappa shape index (κ2) is 7.40. The average molecular weight is 310 g/mol.